The van der Waals surface area contributed by atoms with E-state index in [1.54, 1.807) is 0 Å². The van der Waals surface area contributed by atoms with Crippen LogP contribution in [-0.4, -0.2) is 36.6 Å². The summed E-state index contributed by atoms with van der Waals surface area (Å²) in [5.41, 5.74) is -0.712. The van der Waals surface area contributed by atoms with Crippen LogP contribution in [0.4, 0.5) is 0 Å². The van der Waals surface area contributed by atoms with Crippen LogP contribution in [0.5, 0.6) is 28.7 Å². The Morgan fingerprint density at radius 2 is 1.73 bits per heavy atom. The van der Waals surface area contributed by atoms with Crippen LogP contribution in [0.3, 0.4) is 0 Å². The SMILES string of the molecule is O=C(CC1(O)C=C(c2ccc(O)cc2)Oc2cc(O)c(O)c(O)c21)NO. The van der Waals surface area contributed by atoms with E-state index in [1.807, 2.05) is 0 Å². The Morgan fingerprint density at radius 1 is 1.08 bits per heavy atom. The number of phenols is 4. The first-order chi connectivity index (χ1) is 12.2. The van der Waals surface area contributed by atoms with Gasteiger partial charge in [0.2, 0.25) is 11.7 Å². The Morgan fingerprint density at radius 3 is 2.35 bits per heavy atom. The van der Waals surface area contributed by atoms with Crippen LogP contribution in [0, 0.1) is 0 Å². The van der Waals surface area contributed by atoms with Gasteiger partial charge in [0, 0.05) is 11.6 Å². The van der Waals surface area contributed by atoms with Gasteiger partial charge in [-0.15, -0.1) is 0 Å². The number of aromatic hydroxyl groups is 4. The molecule has 2 aromatic rings. The topological polar surface area (TPSA) is 160 Å². The molecule has 0 spiro atoms. The number of hydrogen-bond donors (Lipinski definition) is 7. The van der Waals surface area contributed by atoms with Crippen molar-refractivity contribution in [2.24, 2.45) is 0 Å². The molecule has 0 saturated carbocycles. The summed E-state index contributed by atoms with van der Waals surface area (Å²) in [7, 11) is 0. The average molecular weight is 361 g/mol. The molecular formula is C17H15NO8. The zero-order valence-corrected chi connectivity index (χ0v) is 13.2. The van der Waals surface area contributed by atoms with Gasteiger partial charge in [0.1, 0.15) is 22.9 Å². The summed E-state index contributed by atoms with van der Waals surface area (Å²) < 4.78 is 5.58. The molecule has 1 amide bonds. The third kappa shape index (κ3) is 2.85. The van der Waals surface area contributed by atoms with Crippen molar-refractivity contribution in [3.63, 3.8) is 0 Å². The highest BCUT2D eigenvalue weighted by Gasteiger charge is 2.41. The first kappa shape index (κ1) is 17.4. The van der Waals surface area contributed by atoms with Crippen molar-refractivity contribution in [2.75, 3.05) is 0 Å². The number of benzene rings is 2. The molecule has 1 atom stereocenters. The Bertz CT molecular complexity index is 906. The highest BCUT2D eigenvalue weighted by Crippen LogP contribution is 2.52. The van der Waals surface area contributed by atoms with E-state index < -0.39 is 35.2 Å². The van der Waals surface area contributed by atoms with Crippen LogP contribution >= 0.6 is 0 Å². The van der Waals surface area contributed by atoms with Crippen molar-refractivity contribution in [1.82, 2.24) is 5.48 Å². The van der Waals surface area contributed by atoms with E-state index >= 15 is 0 Å². The lowest BCUT2D eigenvalue weighted by Gasteiger charge is -2.32. The molecule has 1 heterocycles. The summed E-state index contributed by atoms with van der Waals surface area (Å²) in [5.74, 6) is -3.55. The van der Waals surface area contributed by atoms with Crippen LogP contribution in [0.1, 0.15) is 17.5 Å². The molecule has 0 fully saturated rings. The maximum Gasteiger partial charge on any atom is 0.246 e. The standard InChI is InChI=1S/C17H15NO8/c19-9-3-1-8(2-4-9)12-6-17(24,7-13(21)18-25)14-11(26-12)5-10(20)15(22)16(14)23/h1-6,19-20,22-25H,7H2,(H,18,21). The van der Waals surface area contributed by atoms with Gasteiger partial charge in [-0.3, -0.25) is 10.0 Å². The van der Waals surface area contributed by atoms with E-state index in [9.17, 15) is 30.3 Å². The van der Waals surface area contributed by atoms with Crippen LogP contribution in [0.2, 0.25) is 0 Å². The van der Waals surface area contributed by atoms with Crippen LogP contribution < -0.4 is 10.2 Å². The highest BCUT2D eigenvalue weighted by molar-refractivity contribution is 5.80. The second-order valence-electron chi connectivity index (χ2n) is 5.76. The molecule has 0 aliphatic carbocycles. The van der Waals surface area contributed by atoms with Crippen molar-refractivity contribution in [3.8, 4) is 28.7 Å². The molecule has 0 aromatic heterocycles. The lowest BCUT2D eigenvalue weighted by Crippen LogP contribution is -2.34. The van der Waals surface area contributed by atoms with Crippen molar-refractivity contribution in [2.45, 2.75) is 12.0 Å². The van der Waals surface area contributed by atoms with E-state index in [1.165, 1.54) is 29.7 Å². The summed E-state index contributed by atoms with van der Waals surface area (Å²) in [5, 5.41) is 58.7. The Kier molecular flexibility index (Phi) is 4.10. The Hall–Kier alpha value is -3.43. The number of hydroxylamine groups is 1. The predicted molar refractivity (Wildman–Crippen MR) is 86.6 cm³/mol. The fourth-order valence-corrected chi connectivity index (χ4v) is 2.75. The van der Waals surface area contributed by atoms with E-state index in [4.69, 9.17) is 9.94 Å². The first-order valence-electron chi connectivity index (χ1n) is 7.39. The second kappa shape index (κ2) is 6.14. The van der Waals surface area contributed by atoms with E-state index in [0.29, 0.717) is 5.56 Å². The zero-order valence-electron chi connectivity index (χ0n) is 13.2. The molecule has 3 rings (SSSR count). The second-order valence-corrected chi connectivity index (χ2v) is 5.76. The van der Waals surface area contributed by atoms with Gasteiger partial charge in [-0.2, -0.15) is 0 Å². The number of fused-ring (bicyclic) bond motifs is 1. The van der Waals surface area contributed by atoms with E-state index in [-0.39, 0.29) is 22.8 Å². The molecule has 1 aliphatic heterocycles. The molecule has 7 N–H and O–H groups in total. The van der Waals surface area contributed by atoms with E-state index in [2.05, 4.69) is 0 Å². The number of carbonyl (C=O) groups is 1. The summed E-state index contributed by atoms with van der Waals surface area (Å²) in [6.07, 6.45) is 0.409. The minimum absolute atomic E-state index is 0.000640. The number of hydrogen-bond acceptors (Lipinski definition) is 8. The normalized spacial score (nSPS) is 18.5. The predicted octanol–water partition coefficient (Wildman–Crippen LogP) is 1.03. The largest absolute Gasteiger partial charge is 0.508 e. The van der Waals surface area contributed by atoms with Gasteiger partial charge in [0.25, 0.3) is 0 Å². The van der Waals surface area contributed by atoms with Crippen LogP contribution in [-0.2, 0) is 10.4 Å². The van der Waals surface area contributed by atoms with Crippen LogP contribution in [0.15, 0.2) is 36.4 Å². The number of phenolic OH excluding ortho intramolecular Hbond substituents is 4. The quantitative estimate of drug-likeness (QED) is 0.242. The lowest BCUT2D eigenvalue weighted by atomic mass is 9.85. The van der Waals surface area contributed by atoms with Gasteiger partial charge in [-0.05, 0) is 30.3 Å². The summed E-state index contributed by atoms with van der Waals surface area (Å²) >= 11 is 0. The van der Waals surface area contributed by atoms with Crippen LogP contribution in [0.25, 0.3) is 5.76 Å². The molecule has 0 bridgehead atoms. The van der Waals surface area contributed by atoms with Gasteiger partial charge in [0.05, 0.1) is 12.0 Å². The number of ether oxygens (including phenoxy) is 1. The monoisotopic (exact) mass is 361 g/mol. The van der Waals surface area contributed by atoms with E-state index in [0.717, 1.165) is 12.1 Å². The molecule has 9 heteroatoms. The Labute approximate surface area is 146 Å². The average Bonchev–Trinajstić information content (AvgIpc) is 2.59. The third-order valence-electron chi connectivity index (χ3n) is 3.95. The summed E-state index contributed by atoms with van der Waals surface area (Å²) in [6, 6.07) is 6.69. The number of aliphatic hydroxyl groups is 1. The number of nitrogens with one attached hydrogen (secondary N) is 1. The van der Waals surface area contributed by atoms with Crippen molar-refractivity contribution < 1.29 is 40.3 Å². The van der Waals surface area contributed by atoms with Crippen molar-refractivity contribution in [1.29, 1.82) is 0 Å². The smallest absolute Gasteiger partial charge is 0.246 e. The minimum atomic E-state index is -2.16. The zero-order chi connectivity index (χ0) is 19.1. The molecule has 0 radical (unpaired) electrons. The fraction of sp³-hybridized carbons (Fsp3) is 0.118. The minimum Gasteiger partial charge on any atom is -0.508 e. The fourth-order valence-electron chi connectivity index (χ4n) is 2.75. The molecule has 9 nitrogen and oxygen atoms in total. The number of amides is 1. The van der Waals surface area contributed by atoms with Gasteiger partial charge in [-0.1, -0.05) is 0 Å². The number of rotatable bonds is 3. The van der Waals surface area contributed by atoms with Gasteiger partial charge in [-0.25, -0.2) is 5.48 Å². The molecule has 26 heavy (non-hydrogen) atoms. The highest BCUT2D eigenvalue weighted by atomic mass is 16.5. The molecule has 2 aromatic carbocycles. The summed E-state index contributed by atoms with van der Waals surface area (Å²) in [4.78, 5) is 11.6. The van der Waals surface area contributed by atoms with Gasteiger partial charge >= 0.3 is 0 Å². The Balaban J connectivity index is 2.19. The molecule has 136 valence electrons. The molecule has 1 unspecified atom stereocenters. The third-order valence-corrected chi connectivity index (χ3v) is 3.95. The van der Waals surface area contributed by atoms with Gasteiger partial charge in [0.15, 0.2) is 11.5 Å². The molecular weight excluding hydrogens is 346 g/mol. The maximum absolute atomic E-state index is 11.6. The number of carbonyl (C=O) groups excluding carboxylic acids is 1. The molecule has 1 aliphatic rings. The van der Waals surface area contributed by atoms with Crippen molar-refractivity contribution in [3.05, 3.63) is 47.5 Å². The van der Waals surface area contributed by atoms with Gasteiger partial charge < -0.3 is 30.3 Å². The summed E-state index contributed by atoms with van der Waals surface area (Å²) in [6.45, 7) is 0. The van der Waals surface area contributed by atoms with Crippen molar-refractivity contribution >= 4 is 11.7 Å². The lowest BCUT2D eigenvalue weighted by molar-refractivity contribution is -0.133. The first-order valence-corrected chi connectivity index (χ1v) is 7.39. The molecule has 0 saturated heterocycles. The maximum atomic E-state index is 11.6.